The van der Waals surface area contributed by atoms with Crippen molar-refractivity contribution < 1.29 is 36.8 Å². The predicted molar refractivity (Wildman–Crippen MR) is 169 cm³/mol. The highest BCUT2D eigenvalue weighted by Gasteiger charge is 2.26. The summed E-state index contributed by atoms with van der Waals surface area (Å²) in [7, 11) is -4.26. The number of amides is 2. The monoisotopic (exact) mass is 639 g/mol. The van der Waals surface area contributed by atoms with Crippen LogP contribution < -0.4 is 21.1 Å². The van der Waals surface area contributed by atoms with Crippen molar-refractivity contribution >= 4 is 39.4 Å². The zero-order valence-electron chi connectivity index (χ0n) is 25.6. The Morgan fingerprint density at radius 3 is 2.18 bits per heavy atom. The predicted octanol–water partition coefficient (Wildman–Crippen LogP) is 3.33. The van der Waals surface area contributed by atoms with Crippen molar-refractivity contribution in [3.8, 4) is 17.0 Å². The molecule has 0 aliphatic carbocycles. The molecule has 45 heavy (non-hydrogen) atoms. The van der Waals surface area contributed by atoms with Crippen LogP contribution in [0.1, 0.15) is 70.9 Å². The van der Waals surface area contributed by atoms with Crippen molar-refractivity contribution in [1.82, 2.24) is 10.3 Å². The molecule has 0 bridgehead atoms. The molecule has 2 aromatic carbocycles. The standard InChI is InChI=1S/C31H37N5O8S/c1-6-43-25-14-13-23(26(36-25)29(39)34-20-10-7-18(8-11-20)27(32)33)22-12-9-19(15-24(22)30(40)44-45(5,41)42)28(38)35-21(17-37)16-31(2,3)4/h7-15,21,37H,6,16-17H2,1-5H3,(H3,32,33)(H,34,39)(H,35,38)/t21-/m0/s1. The molecule has 0 saturated heterocycles. The van der Waals surface area contributed by atoms with Gasteiger partial charge in [-0.15, -0.1) is 0 Å². The van der Waals surface area contributed by atoms with E-state index in [9.17, 15) is 27.9 Å². The van der Waals surface area contributed by atoms with Gasteiger partial charge in [0, 0.05) is 28.4 Å². The third-order valence-corrected chi connectivity index (χ3v) is 6.72. The van der Waals surface area contributed by atoms with Crippen LogP contribution in [-0.4, -0.2) is 67.6 Å². The summed E-state index contributed by atoms with van der Waals surface area (Å²) in [6.07, 6.45) is 1.16. The molecule has 1 atom stereocenters. The molecule has 14 heteroatoms. The quantitative estimate of drug-likeness (QED) is 0.111. The molecule has 6 N–H and O–H groups in total. The van der Waals surface area contributed by atoms with Crippen LogP contribution in [0.5, 0.6) is 5.88 Å². The number of aliphatic hydroxyl groups is 1. The number of nitrogens with zero attached hydrogens (tertiary/aromatic N) is 1. The van der Waals surface area contributed by atoms with E-state index < -0.39 is 33.9 Å². The number of anilines is 1. The van der Waals surface area contributed by atoms with Gasteiger partial charge in [-0.25, -0.2) is 9.78 Å². The highest BCUT2D eigenvalue weighted by Crippen LogP contribution is 2.31. The molecule has 0 aliphatic heterocycles. The van der Waals surface area contributed by atoms with Gasteiger partial charge in [0.15, 0.2) is 0 Å². The summed E-state index contributed by atoms with van der Waals surface area (Å²) in [5.41, 5.74) is 5.77. The van der Waals surface area contributed by atoms with Crippen LogP contribution in [0.25, 0.3) is 11.1 Å². The second kappa shape index (κ2) is 14.3. The van der Waals surface area contributed by atoms with Gasteiger partial charge in [0.05, 0.1) is 31.1 Å². The van der Waals surface area contributed by atoms with Crippen LogP contribution in [0.15, 0.2) is 54.6 Å². The van der Waals surface area contributed by atoms with Crippen LogP contribution in [0.3, 0.4) is 0 Å². The average molecular weight is 640 g/mol. The molecular weight excluding hydrogens is 602 g/mol. The van der Waals surface area contributed by atoms with E-state index in [1.807, 2.05) is 20.8 Å². The van der Waals surface area contributed by atoms with Gasteiger partial charge in [-0.1, -0.05) is 26.8 Å². The van der Waals surface area contributed by atoms with E-state index in [2.05, 4.69) is 19.8 Å². The number of carbonyl (C=O) groups is 3. The molecule has 13 nitrogen and oxygen atoms in total. The lowest BCUT2D eigenvalue weighted by molar-refractivity contribution is 0.0748. The number of nitrogens with one attached hydrogen (secondary N) is 3. The number of aliphatic hydroxyl groups excluding tert-OH is 1. The molecule has 2 amide bonds. The number of benzene rings is 2. The molecule has 0 unspecified atom stereocenters. The zero-order chi connectivity index (χ0) is 33.5. The number of nitrogen functional groups attached to an aromatic ring is 1. The normalized spacial score (nSPS) is 12.1. The minimum atomic E-state index is -4.26. The first-order valence-corrected chi connectivity index (χ1v) is 15.7. The van der Waals surface area contributed by atoms with Gasteiger partial charge >= 0.3 is 16.1 Å². The molecule has 0 radical (unpaired) electrons. The second-order valence-electron chi connectivity index (χ2n) is 11.4. The minimum Gasteiger partial charge on any atom is -0.478 e. The molecule has 3 rings (SSSR count). The van der Waals surface area contributed by atoms with Crippen LogP contribution >= 0.6 is 0 Å². The van der Waals surface area contributed by atoms with Gasteiger partial charge in [-0.05, 0) is 66.8 Å². The number of nitrogens with two attached hydrogens (primary N) is 1. The van der Waals surface area contributed by atoms with E-state index in [1.165, 1.54) is 24.3 Å². The largest absolute Gasteiger partial charge is 0.478 e. The Morgan fingerprint density at radius 1 is 1.00 bits per heavy atom. The van der Waals surface area contributed by atoms with Gasteiger partial charge in [0.2, 0.25) is 5.88 Å². The molecule has 0 aliphatic rings. The van der Waals surface area contributed by atoms with E-state index in [0.717, 1.165) is 6.07 Å². The molecule has 1 heterocycles. The van der Waals surface area contributed by atoms with Gasteiger partial charge < -0.3 is 30.4 Å². The van der Waals surface area contributed by atoms with Crippen molar-refractivity contribution in [3.63, 3.8) is 0 Å². The first kappa shape index (κ1) is 34.7. The number of hydrogen-bond acceptors (Lipinski definition) is 10. The number of carbonyl (C=O) groups excluding carboxylic acids is 3. The van der Waals surface area contributed by atoms with E-state index in [-0.39, 0.29) is 58.3 Å². The maximum Gasteiger partial charge on any atom is 0.354 e. The molecule has 0 fully saturated rings. The average Bonchev–Trinajstić information content (AvgIpc) is 2.95. The highest BCUT2D eigenvalue weighted by molar-refractivity contribution is 7.86. The van der Waals surface area contributed by atoms with Crippen molar-refractivity contribution in [1.29, 1.82) is 5.41 Å². The highest BCUT2D eigenvalue weighted by atomic mass is 32.2. The zero-order valence-corrected chi connectivity index (χ0v) is 26.4. The van der Waals surface area contributed by atoms with Crippen LogP contribution in [0.4, 0.5) is 5.69 Å². The smallest absolute Gasteiger partial charge is 0.354 e. The number of hydrogen-bond donors (Lipinski definition) is 5. The van der Waals surface area contributed by atoms with Crippen LogP contribution in [0, 0.1) is 10.8 Å². The number of ether oxygens (including phenoxy) is 1. The number of rotatable bonds is 12. The maximum atomic E-state index is 13.5. The van der Waals surface area contributed by atoms with E-state index in [0.29, 0.717) is 23.9 Å². The van der Waals surface area contributed by atoms with Gasteiger partial charge in [0.1, 0.15) is 11.5 Å². The molecule has 0 saturated carbocycles. The summed E-state index contributed by atoms with van der Waals surface area (Å²) in [5.74, 6) is -2.62. The number of amidine groups is 1. The SMILES string of the molecule is CCOc1ccc(-c2ccc(C(=O)N[C@H](CO)CC(C)(C)C)cc2C(=O)OS(C)(=O)=O)c(C(=O)Nc2ccc(C(=N)N)cc2)n1. The fourth-order valence-corrected chi connectivity index (χ4v) is 4.79. The van der Waals surface area contributed by atoms with Gasteiger partial charge in [0.25, 0.3) is 11.8 Å². The summed E-state index contributed by atoms with van der Waals surface area (Å²) < 4.78 is 33.9. The Hall–Kier alpha value is -4.82. The third kappa shape index (κ3) is 9.84. The summed E-state index contributed by atoms with van der Waals surface area (Å²) in [5, 5.41) is 22.8. The van der Waals surface area contributed by atoms with Crippen molar-refractivity contribution in [3.05, 3.63) is 77.0 Å². The summed E-state index contributed by atoms with van der Waals surface area (Å²) in [6.45, 7) is 7.52. The molecule has 240 valence electrons. The number of pyridine rings is 1. The Bertz CT molecular complexity index is 1700. The van der Waals surface area contributed by atoms with E-state index in [4.69, 9.17) is 15.9 Å². The van der Waals surface area contributed by atoms with E-state index >= 15 is 0 Å². The Morgan fingerprint density at radius 2 is 1.62 bits per heavy atom. The minimum absolute atomic E-state index is 0.0120. The summed E-state index contributed by atoms with van der Waals surface area (Å²) in [4.78, 5) is 44.2. The molecule has 3 aromatic rings. The molecule has 0 spiro atoms. The first-order chi connectivity index (χ1) is 21.0. The van der Waals surface area contributed by atoms with Gasteiger partial charge in [-0.2, -0.15) is 8.42 Å². The van der Waals surface area contributed by atoms with Crippen LogP contribution in [0.2, 0.25) is 0 Å². The Labute approximate surface area is 261 Å². The lowest BCUT2D eigenvalue weighted by Gasteiger charge is -2.25. The van der Waals surface area contributed by atoms with Gasteiger partial charge in [-0.3, -0.25) is 15.0 Å². The Balaban J connectivity index is 2.12. The fourth-order valence-electron chi connectivity index (χ4n) is 4.42. The fraction of sp³-hybridized carbons (Fsp3) is 0.323. The second-order valence-corrected chi connectivity index (χ2v) is 13.0. The lowest BCUT2D eigenvalue weighted by atomic mass is 9.88. The first-order valence-electron chi connectivity index (χ1n) is 13.9. The summed E-state index contributed by atoms with van der Waals surface area (Å²) in [6, 6.07) is 12.5. The number of aromatic nitrogens is 1. The summed E-state index contributed by atoms with van der Waals surface area (Å²) >= 11 is 0. The van der Waals surface area contributed by atoms with Crippen molar-refractivity contribution in [2.45, 2.75) is 40.2 Å². The Kier molecular flexibility index (Phi) is 11.0. The van der Waals surface area contributed by atoms with E-state index in [1.54, 1.807) is 31.2 Å². The molecular formula is C31H37N5O8S. The lowest BCUT2D eigenvalue weighted by Crippen LogP contribution is -2.40. The topological polar surface area (TPSA) is 211 Å². The third-order valence-electron chi connectivity index (χ3n) is 6.26. The maximum absolute atomic E-state index is 13.5. The van der Waals surface area contributed by atoms with Crippen LogP contribution in [-0.2, 0) is 14.3 Å². The van der Waals surface area contributed by atoms with Crippen molar-refractivity contribution in [2.75, 3.05) is 24.8 Å². The van der Waals surface area contributed by atoms with Crippen molar-refractivity contribution in [2.24, 2.45) is 11.1 Å². The molecule has 1 aromatic heterocycles.